The van der Waals surface area contributed by atoms with Crippen LogP contribution in [0.2, 0.25) is 0 Å². The summed E-state index contributed by atoms with van der Waals surface area (Å²) in [6, 6.07) is 5.22. The Morgan fingerprint density at radius 1 is 1.36 bits per heavy atom. The number of para-hydroxylation sites is 1. The molecule has 0 radical (unpaired) electrons. The first-order valence-corrected chi connectivity index (χ1v) is 5.20. The normalized spacial score (nSPS) is 17.8. The zero-order valence-corrected chi connectivity index (χ0v) is 9.36. The molecule has 0 N–H and O–H groups in total. The fraction of sp³-hybridized carbons (Fsp3) is 0.400. The van der Waals surface area contributed by atoms with Gasteiger partial charge in [-0.3, -0.25) is 4.67 Å². The predicted molar refractivity (Wildman–Crippen MR) is 59.8 cm³/mol. The summed E-state index contributed by atoms with van der Waals surface area (Å²) in [6.07, 6.45) is 0. The van der Waals surface area contributed by atoms with Gasteiger partial charge < -0.3 is 4.90 Å². The van der Waals surface area contributed by atoms with E-state index >= 15 is 0 Å². The van der Waals surface area contributed by atoms with Crippen molar-refractivity contribution in [1.29, 1.82) is 0 Å². The number of rotatable bonds is 1. The van der Waals surface area contributed by atoms with Gasteiger partial charge in [0.25, 0.3) is 0 Å². The first-order valence-electron chi connectivity index (χ1n) is 4.68. The first-order chi connectivity index (χ1) is 6.68. The Morgan fingerprint density at radius 3 is 2.71 bits per heavy atom. The van der Waals surface area contributed by atoms with E-state index in [1.807, 2.05) is 13.0 Å². The molecular formula is C10H14FN2P. The van der Waals surface area contributed by atoms with Gasteiger partial charge in [-0.05, 0) is 18.6 Å². The van der Waals surface area contributed by atoms with Crippen molar-refractivity contribution in [2.45, 2.75) is 6.92 Å². The average Bonchev–Trinajstić information content (AvgIpc) is 2.51. The molecule has 2 nitrogen and oxygen atoms in total. The van der Waals surface area contributed by atoms with Gasteiger partial charge in [-0.1, -0.05) is 21.5 Å². The minimum absolute atomic E-state index is 0.120. The molecule has 0 spiro atoms. The summed E-state index contributed by atoms with van der Waals surface area (Å²) in [4.78, 5) is 2.07. The molecule has 1 atom stereocenters. The van der Waals surface area contributed by atoms with Crippen LogP contribution in [-0.2, 0) is 0 Å². The Hall–Kier alpha value is -0.660. The molecule has 0 bridgehead atoms. The van der Waals surface area contributed by atoms with E-state index in [2.05, 4.69) is 19.0 Å². The standard InChI is InChI=1S/C10H14FN2P/c1-8-3-2-4-9(11)10(8)12-5-6-13(14)7-12/h2-4H,5-7,14H2,1H3. The third-order valence-corrected chi connectivity index (χ3v) is 2.94. The van der Waals surface area contributed by atoms with Crippen molar-refractivity contribution in [3.63, 3.8) is 0 Å². The summed E-state index contributed by atoms with van der Waals surface area (Å²) in [6.45, 7) is 4.60. The molecule has 1 heterocycles. The molecule has 1 fully saturated rings. The summed E-state index contributed by atoms with van der Waals surface area (Å²) in [5.41, 5.74) is 1.75. The number of aryl methyl sites for hydroxylation is 1. The largest absolute Gasteiger partial charge is 0.354 e. The lowest BCUT2D eigenvalue weighted by Crippen LogP contribution is -2.22. The minimum atomic E-state index is -0.120. The van der Waals surface area contributed by atoms with E-state index in [1.54, 1.807) is 6.07 Å². The number of benzene rings is 1. The van der Waals surface area contributed by atoms with Crippen LogP contribution in [0.5, 0.6) is 0 Å². The molecule has 1 unspecified atom stereocenters. The van der Waals surface area contributed by atoms with Crippen LogP contribution in [0.4, 0.5) is 10.1 Å². The Kier molecular flexibility index (Phi) is 2.71. The number of anilines is 1. The van der Waals surface area contributed by atoms with Gasteiger partial charge in [0.1, 0.15) is 5.82 Å². The van der Waals surface area contributed by atoms with Crippen LogP contribution in [0, 0.1) is 12.7 Å². The summed E-state index contributed by atoms with van der Waals surface area (Å²) in [5, 5.41) is 0. The molecule has 14 heavy (non-hydrogen) atoms. The first kappa shape index (κ1) is 9.88. The maximum Gasteiger partial charge on any atom is 0.146 e. The Labute approximate surface area is 86.0 Å². The molecule has 1 aliphatic rings. The molecule has 1 aliphatic heterocycles. The SMILES string of the molecule is Cc1cccc(F)c1N1CCN(P)C1. The van der Waals surface area contributed by atoms with Crippen molar-refractivity contribution in [2.24, 2.45) is 0 Å². The van der Waals surface area contributed by atoms with Crippen LogP contribution in [0.3, 0.4) is 0 Å². The number of nitrogens with zero attached hydrogens (tertiary/aromatic N) is 2. The van der Waals surface area contributed by atoms with E-state index in [-0.39, 0.29) is 5.82 Å². The minimum Gasteiger partial charge on any atom is -0.354 e. The van der Waals surface area contributed by atoms with Crippen molar-refractivity contribution in [1.82, 2.24) is 4.67 Å². The lowest BCUT2D eigenvalue weighted by Gasteiger charge is -2.20. The maximum absolute atomic E-state index is 13.6. The lowest BCUT2D eigenvalue weighted by atomic mass is 10.2. The third-order valence-electron chi connectivity index (χ3n) is 2.51. The van der Waals surface area contributed by atoms with Crippen molar-refractivity contribution >= 4 is 15.1 Å². The van der Waals surface area contributed by atoms with E-state index in [0.717, 1.165) is 31.0 Å². The molecule has 2 rings (SSSR count). The smallest absolute Gasteiger partial charge is 0.146 e. The molecule has 76 valence electrons. The second-order valence-electron chi connectivity index (χ2n) is 3.62. The van der Waals surface area contributed by atoms with E-state index < -0.39 is 0 Å². The Morgan fingerprint density at radius 2 is 2.14 bits per heavy atom. The summed E-state index contributed by atoms with van der Waals surface area (Å²) >= 11 is 0. The second kappa shape index (κ2) is 3.84. The van der Waals surface area contributed by atoms with Gasteiger partial charge in [-0.15, -0.1) is 0 Å². The van der Waals surface area contributed by atoms with Crippen LogP contribution >= 0.6 is 9.39 Å². The van der Waals surface area contributed by atoms with Crippen molar-refractivity contribution in [3.05, 3.63) is 29.6 Å². The molecule has 0 aliphatic carbocycles. The molecule has 0 saturated carbocycles. The van der Waals surface area contributed by atoms with E-state index in [1.165, 1.54) is 6.07 Å². The number of hydrogen-bond acceptors (Lipinski definition) is 2. The third kappa shape index (κ3) is 1.75. The highest BCUT2D eigenvalue weighted by molar-refractivity contribution is 7.13. The maximum atomic E-state index is 13.6. The zero-order valence-electron chi connectivity index (χ0n) is 8.20. The summed E-state index contributed by atoms with van der Waals surface area (Å²) < 4.78 is 15.7. The van der Waals surface area contributed by atoms with Gasteiger partial charge in [0.15, 0.2) is 0 Å². The monoisotopic (exact) mass is 212 g/mol. The van der Waals surface area contributed by atoms with Crippen molar-refractivity contribution < 1.29 is 4.39 Å². The molecule has 0 aromatic heterocycles. The quantitative estimate of drug-likeness (QED) is 0.657. The average molecular weight is 212 g/mol. The predicted octanol–water partition coefficient (Wildman–Crippen LogP) is 2.00. The van der Waals surface area contributed by atoms with Crippen LogP contribution in [0.15, 0.2) is 18.2 Å². The van der Waals surface area contributed by atoms with Gasteiger partial charge in [-0.2, -0.15) is 0 Å². The molecule has 1 aromatic rings. The number of halogens is 1. The Bertz CT molecular complexity index is 323. The van der Waals surface area contributed by atoms with Gasteiger partial charge >= 0.3 is 0 Å². The zero-order chi connectivity index (χ0) is 10.1. The highest BCUT2D eigenvalue weighted by Crippen LogP contribution is 2.26. The molecule has 1 aromatic carbocycles. The number of hydrogen-bond donors (Lipinski definition) is 0. The van der Waals surface area contributed by atoms with Gasteiger partial charge in [-0.25, -0.2) is 4.39 Å². The fourth-order valence-corrected chi connectivity index (χ4v) is 2.13. The second-order valence-corrected chi connectivity index (χ2v) is 4.35. The molecule has 4 heteroatoms. The van der Waals surface area contributed by atoms with Gasteiger partial charge in [0, 0.05) is 13.1 Å². The topological polar surface area (TPSA) is 6.48 Å². The molecular weight excluding hydrogens is 198 g/mol. The van der Waals surface area contributed by atoms with Gasteiger partial charge in [0.2, 0.25) is 0 Å². The highest BCUT2D eigenvalue weighted by Gasteiger charge is 2.20. The van der Waals surface area contributed by atoms with Gasteiger partial charge in [0.05, 0.1) is 12.4 Å². The van der Waals surface area contributed by atoms with E-state index in [4.69, 9.17) is 0 Å². The van der Waals surface area contributed by atoms with E-state index in [0.29, 0.717) is 0 Å². The van der Waals surface area contributed by atoms with E-state index in [9.17, 15) is 4.39 Å². The van der Waals surface area contributed by atoms with Crippen LogP contribution in [0.1, 0.15) is 5.56 Å². The summed E-state index contributed by atoms with van der Waals surface area (Å²) in [7, 11) is 2.65. The summed E-state index contributed by atoms with van der Waals surface area (Å²) in [5.74, 6) is -0.120. The molecule has 1 saturated heterocycles. The fourth-order valence-electron chi connectivity index (χ4n) is 1.82. The van der Waals surface area contributed by atoms with Crippen LogP contribution < -0.4 is 4.90 Å². The van der Waals surface area contributed by atoms with Crippen LogP contribution in [-0.4, -0.2) is 24.4 Å². The molecule has 0 amide bonds. The highest BCUT2D eigenvalue weighted by atomic mass is 31.0. The van der Waals surface area contributed by atoms with Crippen LogP contribution in [0.25, 0.3) is 0 Å². The van der Waals surface area contributed by atoms with Crippen molar-refractivity contribution in [3.8, 4) is 0 Å². The Balaban J connectivity index is 2.31. The lowest BCUT2D eigenvalue weighted by molar-refractivity contribution is 0.581. The van der Waals surface area contributed by atoms with Crippen molar-refractivity contribution in [2.75, 3.05) is 24.7 Å².